The molecule has 30 heavy (non-hydrogen) atoms. The average molecular weight is 405 g/mol. The number of H-pyrrole nitrogens is 1. The number of imidazole rings is 1. The number of rotatable bonds is 8. The molecule has 2 N–H and O–H groups in total. The topological polar surface area (TPSA) is 71.9 Å². The van der Waals surface area contributed by atoms with Crippen LogP contribution in [0.25, 0.3) is 21.9 Å². The average Bonchev–Trinajstić information content (AvgIpc) is 3.35. The van der Waals surface area contributed by atoms with E-state index in [9.17, 15) is 4.79 Å². The van der Waals surface area contributed by atoms with E-state index in [1.54, 1.807) is 7.11 Å². The highest BCUT2D eigenvalue weighted by Gasteiger charge is 2.20. The van der Waals surface area contributed by atoms with Crippen LogP contribution >= 0.6 is 0 Å². The Morgan fingerprint density at radius 2 is 2.03 bits per heavy atom. The van der Waals surface area contributed by atoms with E-state index in [-0.39, 0.29) is 11.9 Å². The lowest BCUT2D eigenvalue weighted by atomic mass is 10.0. The van der Waals surface area contributed by atoms with Gasteiger partial charge in [-0.15, -0.1) is 0 Å². The van der Waals surface area contributed by atoms with Crippen LogP contribution in [0.2, 0.25) is 0 Å². The van der Waals surface area contributed by atoms with Crippen molar-refractivity contribution >= 4 is 27.8 Å². The van der Waals surface area contributed by atoms with Crippen LogP contribution in [0, 0.1) is 5.92 Å². The number of amides is 1. The molecule has 6 nitrogen and oxygen atoms in total. The van der Waals surface area contributed by atoms with Crippen molar-refractivity contribution in [2.75, 3.05) is 7.11 Å². The number of carbonyl (C=O) groups excluding carboxylic acids is 1. The summed E-state index contributed by atoms with van der Waals surface area (Å²) in [4.78, 5) is 20.8. The monoisotopic (exact) mass is 404 g/mol. The predicted octanol–water partition coefficient (Wildman–Crippen LogP) is 4.82. The van der Waals surface area contributed by atoms with Crippen molar-refractivity contribution < 1.29 is 9.53 Å². The van der Waals surface area contributed by atoms with Crippen LogP contribution in [0.4, 0.5) is 0 Å². The van der Waals surface area contributed by atoms with Gasteiger partial charge in [-0.2, -0.15) is 0 Å². The van der Waals surface area contributed by atoms with Crippen LogP contribution in [-0.2, 0) is 11.3 Å². The second-order valence-corrected chi connectivity index (χ2v) is 8.07. The highest BCUT2D eigenvalue weighted by Crippen LogP contribution is 2.23. The zero-order valence-corrected chi connectivity index (χ0v) is 17.7. The summed E-state index contributed by atoms with van der Waals surface area (Å²) in [5.41, 5.74) is 3.01. The molecule has 0 fully saturated rings. The first kappa shape index (κ1) is 20.0. The van der Waals surface area contributed by atoms with Gasteiger partial charge in [0.2, 0.25) is 5.91 Å². The fourth-order valence-electron chi connectivity index (χ4n) is 3.84. The molecule has 0 spiro atoms. The summed E-state index contributed by atoms with van der Waals surface area (Å²) in [6.07, 6.45) is 3.25. The Hall–Kier alpha value is -3.28. The quantitative estimate of drug-likeness (QED) is 0.442. The van der Waals surface area contributed by atoms with E-state index in [0.29, 0.717) is 18.9 Å². The zero-order valence-electron chi connectivity index (χ0n) is 17.7. The van der Waals surface area contributed by atoms with Gasteiger partial charge in [0, 0.05) is 30.1 Å². The summed E-state index contributed by atoms with van der Waals surface area (Å²) in [6, 6.07) is 15.8. The summed E-state index contributed by atoms with van der Waals surface area (Å²) in [5.74, 6) is 2.11. The standard InChI is InChI=1S/C24H28N4O2/c1-16(2)14-21(24-26-19-6-4-5-7-20(19)27-24)25-23(29)11-13-28-12-10-17-15-18(30-3)8-9-22(17)28/h4-10,12,15-16,21H,11,13-14H2,1-3H3,(H,25,29)(H,26,27). The summed E-state index contributed by atoms with van der Waals surface area (Å²) in [5, 5.41) is 4.29. The Morgan fingerprint density at radius 1 is 1.20 bits per heavy atom. The van der Waals surface area contributed by atoms with Gasteiger partial charge in [0.1, 0.15) is 11.6 Å². The van der Waals surface area contributed by atoms with Gasteiger partial charge in [0.15, 0.2) is 0 Å². The first-order valence-corrected chi connectivity index (χ1v) is 10.4. The van der Waals surface area contributed by atoms with Crippen LogP contribution in [0.1, 0.15) is 38.6 Å². The first-order valence-electron chi connectivity index (χ1n) is 10.4. The molecule has 2 heterocycles. The Kier molecular flexibility index (Phi) is 5.74. The molecule has 0 saturated heterocycles. The van der Waals surface area contributed by atoms with Crippen LogP contribution in [0.3, 0.4) is 0 Å². The minimum atomic E-state index is -0.129. The number of methoxy groups -OCH3 is 1. The number of nitrogens with zero attached hydrogens (tertiary/aromatic N) is 2. The molecule has 0 aliphatic rings. The van der Waals surface area contributed by atoms with Gasteiger partial charge in [-0.25, -0.2) is 4.98 Å². The van der Waals surface area contributed by atoms with Crippen molar-refractivity contribution in [2.45, 2.75) is 39.3 Å². The van der Waals surface area contributed by atoms with E-state index >= 15 is 0 Å². The molecular formula is C24H28N4O2. The third kappa shape index (κ3) is 4.32. The van der Waals surface area contributed by atoms with Crippen molar-refractivity contribution in [3.8, 4) is 5.75 Å². The van der Waals surface area contributed by atoms with E-state index in [4.69, 9.17) is 9.72 Å². The van der Waals surface area contributed by atoms with Crippen LogP contribution in [-0.4, -0.2) is 27.6 Å². The van der Waals surface area contributed by atoms with Crippen molar-refractivity contribution in [3.05, 3.63) is 60.6 Å². The fraction of sp³-hybridized carbons (Fsp3) is 0.333. The molecule has 1 unspecified atom stereocenters. The molecule has 4 aromatic rings. The van der Waals surface area contributed by atoms with Gasteiger partial charge in [0.25, 0.3) is 0 Å². The third-order valence-corrected chi connectivity index (χ3v) is 5.34. The molecule has 1 atom stereocenters. The number of benzene rings is 2. The first-order chi connectivity index (χ1) is 14.5. The van der Waals surface area contributed by atoms with Gasteiger partial charge >= 0.3 is 0 Å². The number of carbonyl (C=O) groups is 1. The number of hydrogen-bond acceptors (Lipinski definition) is 3. The van der Waals surface area contributed by atoms with Crippen molar-refractivity contribution in [1.29, 1.82) is 0 Å². The molecule has 2 aromatic heterocycles. The lowest BCUT2D eigenvalue weighted by molar-refractivity contribution is -0.122. The Balaban J connectivity index is 1.45. The number of nitrogens with one attached hydrogen (secondary N) is 2. The number of aryl methyl sites for hydroxylation is 1. The molecule has 2 aromatic carbocycles. The van der Waals surface area contributed by atoms with Gasteiger partial charge in [-0.05, 0) is 48.7 Å². The summed E-state index contributed by atoms with van der Waals surface area (Å²) in [6.45, 7) is 4.93. The van der Waals surface area contributed by atoms with Gasteiger partial charge in [-0.3, -0.25) is 4.79 Å². The van der Waals surface area contributed by atoms with Crippen molar-refractivity contribution in [3.63, 3.8) is 0 Å². The van der Waals surface area contributed by atoms with E-state index < -0.39 is 0 Å². The molecule has 0 radical (unpaired) electrons. The number of para-hydroxylation sites is 2. The van der Waals surface area contributed by atoms with E-state index in [2.05, 4.69) is 28.7 Å². The maximum absolute atomic E-state index is 12.8. The van der Waals surface area contributed by atoms with Crippen LogP contribution < -0.4 is 10.1 Å². The minimum absolute atomic E-state index is 0.0245. The smallest absolute Gasteiger partial charge is 0.222 e. The maximum Gasteiger partial charge on any atom is 0.222 e. The van der Waals surface area contributed by atoms with E-state index in [1.165, 1.54) is 0 Å². The molecule has 0 aliphatic carbocycles. The summed E-state index contributed by atoms with van der Waals surface area (Å²) in [7, 11) is 1.66. The lowest BCUT2D eigenvalue weighted by Crippen LogP contribution is -2.30. The Bertz CT molecular complexity index is 1130. The van der Waals surface area contributed by atoms with Gasteiger partial charge in [0.05, 0.1) is 24.2 Å². The number of aromatic amines is 1. The van der Waals surface area contributed by atoms with Gasteiger partial charge < -0.3 is 19.6 Å². The van der Waals surface area contributed by atoms with Gasteiger partial charge in [-0.1, -0.05) is 26.0 Å². The molecule has 0 bridgehead atoms. The fourth-order valence-corrected chi connectivity index (χ4v) is 3.84. The van der Waals surface area contributed by atoms with Crippen molar-refractivity contribution in [1.82, 2.24) is 19.9 Å². The molecule has 0 aliphatic heterocycles. The lowest BCUT2D eigenvalue weighted by Gasteiger charge is -2.19. The van der Waals surface area contributed by atoms with Crippen LogP contribution in [0.15, 0.2) is 54.7 Å². The number of hydrogen-bond donors (Lipinski definition) is 2. The van der Waals surface area contributed by atoms with Crippen LogP contribution in [0.5, 0.6) is 5.75 Å². The molecule has 156 valence electrons. The second-order valence-electron chi connectivity index (χ2n) is 8.07. The molecule has 4 rings (SSSR count). The number of ether oxygens (including phenoxy) is 1. The van der Waals surface area contributed by atoms with Crippen molar-refractivity contribution in [2.24, 2.45) is 5.92 Å². The molecule has 1 amide bonds. The Morgan fingerprint density at radius 3 is 2.80 bits per heavy atom. The normalized spacial score (nSPS) is 12.5. The summed E-state index contributed by atoms with van der Waals surface area (Å²) < 4.78 is 7.39. The summed E-state index contributed by atoms with van der Waals surface area (Å²) >= 11 is 0. The minimum Gasteiger partial charge on any atom is -0.497 e. The molecular weight excluding hydrogens is 376 g/mol. The van der Waals surface area contributed by atoms with E-state index in [0.717, 1.165) is 39.9 Å². The molecule has 0 saturated carbocycles. The Labute approximate surface area is 176 Å². The number of fused-ring (bicyclic) bond motifs is 2. The zero-order chi connectivity index (χ0) is 21.1. The highest BCUT2D eigenvalue weighted by atomic mass is 16.5. The number of aromatic nitrogens is 3. The third-order valence-electron chi connectivity index (χ3n) is 5.34. The predicted molar refractivity (Wildman–Crippen MR) is 120 cm³/mol. The van der Waals surface area contributed by atoms with E-state index in [1.807, 2.05) is 54.7 Å². The second kappa shape index (κ2) is 8.61. The maximum atomic E-state index is 12.8. The highest BCUT2D eigenvalue weighted by molar-refractivity contribution is 5.82. The largest absolute Gasteiger partial charge is 0.497 e. The molecule has 6 heteroatoms. The SMILES string of the molecule is COc1ccc2c(ccn2CCC(=O)NC(CC(C)C)c2nc3ccccc3[nH]2)c1.